The van der Waals surface area contributed by atoms with Crippen molar-refractivity contribution in [1.82, 2.24) is 0 Å². The lowest BCUT2D eigenvalue weighted by Gasteiger charge is -2.18. The summed E-state index contributed by atoms with van der Waals surface area (Å²) in [5.41, 5.74) is 0. The van der Waals surface area contributed by atoms with E-state index in [1.165, 1.54) is 161 Å². The van der Waals surface area contributed by atoms with E-state index in [9.17, 15) is 14.4 Å². The van der Waals surface area contributed by atoms with Crippen molar-refractivity contribution in [1.29, 1.82) is 0 Å². The monoisotopic (exact) mass is 977 g/mol. The van der Waals surface area contributed by atoms with E-state index in [1.807, 2.05) is 0 Å². The van der Waals surface area contributed by atoms with Gasteiger partial charge >= 0.3 is 17.9 Å². The summed E-state index contributed by atoms with van der Waals surface area (Å²) in [6.45, 7) is 6.52. The Hall–Kier alpha value is -3.15. The molecule has 0 radical (unpaired) electrons. The summed E-state index contributed by atoms with van der Waals surface area (Å²) in [6.07, 6.45) is 74.6. The highest BCUT2D eigenvalue weighted by Gasteiger charge is 2.19. The fraction of sp³-hybridized carbons (Fsp3) is 0.766. The smallest absolute Gasteiger partial charge is 0.306 e. The highest BCUT2D eigenvalue weighted by Crippen LogP contribution is 2.16. The summed E-state index contributed by atoms with van der Waals surface area (Å²) in [5.74, 6) is -0.907. The minimum absolute atomic E-state index is 0.0841. The van der Waals surface area contributed by atoms with Crippen molar-refractivity contribution in [3.05, 3.63) is 72.9 Å². The van der Waals surface area contributed by atoms with Gasteiger partial charge in [0.05, 0.1) is 0 Å². The number of carbonyl (C=O) groups is 3. The van der Waals surface area contributed by atoms with Crippen molar-refractivity contribution in [3.63, 3.8) is 0 Å². The first-order valence-electron chi connectivity index (χ1n) is 29.9. The minimum Gasteiger partial charge on any atom is -0.462 e. The van der Waals surface area contributed by atoms with Crippen LogP contribution >= 0.6 is 0 Å². The zero-order valence-electron chi connectivity index (χ0n) is 46.3. The Labute approximate surface area is 433 Å². The number of carbonyl (C=O) groups excluding carboxylic acids is 3. The SMILES string of the molecule is CC/C=C/C/C=C/C/C=C/C/C=C/C/C=C/CCCCCC(=O)OC[C@@H](COC(=O)CCCCCCCCCCCCCCCC)OC(=O)CCCCCCCCCCC/C=C/CCCCCCCC. The fourth-order valence-corrected chi connectivity index (χ4v) is 8.47. The molecule has 0 N–H and O–H groups in total. The van der Waals surface area contributed by atoms with Gasteiger partial charge in [0.1, 0.15) is 13.2 Å². The highest BCUT2D eigenvalue weighted by atomic mass is 16.6. The number of hydrogen-bond acceptors (Lipinski definition) is 6. The number of unbranched alkanes of at least 4 members (excludes halogenated alkanes) is 31. The van der Waals surface area contributed by atoms with Crippen molar-refractivity contribution >= 4 is 17.9 Å². The second kappa shape index (κ2) is 58.4. The van der Waals surface area contributed by atoms with Crippen LogP contribution in [0.15, 0.2) is 72.9 Å². The molecule has 0 aliphatic rings. The largest absolute Gasteiger partial charge is 0.462 e. The van der Waals surface area contributed by atoms with E-state index in [2.05, 4.69) is 93.7 Å². The summed E-state index contributed by atoms with van der Waals surface area (Å²) in [6, 6.07) is 0. The van der Waals surface area contributed by atoms with E-state index in [-0.39, 0.29) is 31.1 Å². The van der Waals surface area contributed by atoms with Gasteiger partial charge in [0, 0.05) is 19.3 Å². The third kappa shape index (κ3) is 55.8. The molecule has 70 heavy (non-hydrogen) atoms. The molecule has 0 aromatic rings. The molecule has 0 bridgehead atoms. The Morgan fingerprint density at radius 2 is 0.557 bits per heavy atom. The van der Waals surface area contributed by atoms with Crippen LogP contribution in [-0.4, -0.2) is 37.2 Å². The summed E-state index contributed by atoms with van der Waals surface area (Å²) in [5, 5.41) is 0. The molecular weight excluding hydrogens is 865 g/mol. The van der Waals surface area contributed by atoms with Crippen molar-refractivity contribution in [2.45, 2.75) is 303 Å². The maximum absolute atomic E-state index is 12.9. The Morgan fingerprint density at radius 3 is 0.900 bits per heavy atom. The summed E-state index contributed by atoms with van der Waals surface area (Å²) in [4.78, 5) is 38.2. The van der Waals surface area contributed by atoms with E-state index in [1.54, 1.807) is 0 Å². The first kappa shape index (κ1) is 66.9. The first-order chi connectivity index (χ1) is 34.5. The predicted octanol–water partition coefficient (Wildman–Crippen LogP) is 20.2. The molecule has 1 atom stereocenters. The number of rotatable bonds is 54. The van der Waals surface area contributed by atoms with Gasteiger partial charge in [-0.05, 0) is 89.9 Å². The molecule has 0 spiro atoms. The number of allylic oxidation sites excluding steroid dienone is 12. The lowest BCUT2D eigenvalue weighted by atomic mass is 10.0. The van der Waals surface area contributed by atoms with Gasteiger partial charge in [-0.2, -0.15) is 0 Å². The van der Waals surface area contributed by atoms with Gasteiger partial charge in [0.2, 0.25) is 0 Å². The van der Waals surface area contributed by atoms with Crippen LogP contribution in [0.3, 0.4) is 0 Å². The standard InChI is InChI=1S/C64H112O6/c1-4-7-10-13-16-19-22-25-28-30-32-34-36-39-42-45-48-51-54-57-63(66)69-60-61(59-68-62(65)56-53-50-47-44-41-38-27-24-21-18-15-12-9-6-3)70-64(67)58-55-52-49-46-43-40-37-35-33-31-29-26-23-20-17-14-11-8-5-2/h7,10,16,19,25-26,28-29,32,34,39,42,61H,4-6,8-9,11-15,17-18,20-24,27,30-31,33,35-38,40-41,43-60H2,1-3H3/b10-7+,19-16+,28-25+,29-26+,34-32+,42-39+/t61-/m1/s1. The highest BCUT2D eigenvalue weighted by molar-refractivity contribution is 5.71. The van der Waals surface area contributed by atoms with Crippen LogP contribution in [0.4, 0.5) is 0 Å². The van der Waals surface area contributed by atoms with E-state index >= 15 is 0 Å². The van der Waals surface area contributed by atoms with Crippen molar-refractivity contribution < 1.29 is 28.6 Å². The molecule has 6 nitrogen and oxygen atoms in total. The lowest BCUT2D eigenvalue weighted by Crippen LogP contribution is -2.30. The third-order valence-corrected chi connectivity index (χ3v) is 12.9. The van der Waals surface area contributed by atoms with Crippen molar-refractivity contribution in [2.24, 2.45) is 0 Å². The van der Waals surface area contributed by atoms with Crippen LogP contribution in [0.5, 0.6) is 0 Å². The average Bonchev–Trinajstić information content (AvgIpc) is 3.36. The van der Waals surface area contributed by atoms with E-state index in [0.717, 1.165) is 96.3 Å². The minimum atomic E-state index is -0.789. The maximum atomic E-state index is 12.9. The lowest BCUT2D eigenvalue weighted by molar-refractivity contribution is -0.167. The molecular formula is C64H112O6. The molecule has 0 heterocycles. The molecule has 0 aromatic heterocycles. The number of ether oxygens (including phenoxy) is 3. The Bertz CT molecular complexity index is 1310. The van der Waals surface area contributed by atoms with Gasteiger partial charge in [-0.1, -0.05) is 261 Å². The summed E-state index contributed by atoms with van der Waals surface area (Å²) in [7, 11) is 0. The average molecular weight is 978 g/mol. The van der Waals surface area contributed by atoms with Gasteiger partial charge in [0.15, 0.2) is 6.10 Å². The predicted molar refractivity (Wildman–Crippen MR) is 302 cm³/mol. The zero-order chi connectivity index (χ0) is 50.7. The maximum Gasteiger partial charge on any atom is 0.306 e. The van der Waals surface area contributed by atoms with Gasteiger partial charge in [-0.3, -0.25) is 14.4 Å². The molecule has 0 aromatic carbocycles. The molecule has 0 aliphatic carbocycles. The van der Waals surface area contributed by atoms with Gasteiger partial charge < -0.3 is 14.2 Å². The molecule has 0 amide bonds. The van der Waals surface area contributed by atoms with Crippen LogP contribution in [0.25, 0.3) is 0 Å². The normalized spacial score (nSPS) is 12.6. The number of hydrogen-bond donors (Lipinski definition) is 0. The quantitative estimate of drug-likeness (QED) is 0.0261. The third-order valence-electron chi connectivity index (χ3n) is 12.9. The second-order valence-electron chi connectivity index (χ2n) is 19.9. The molecule has 6 heteroatoms. The van der Waals surface area contributed by atoms with Crippen LogP contribution in [-0.2, 0) is 28.6 Å². The first-order valence-corrected chi connectivity index (χ1v) is 29.9. The molecule has 0 rings (SSSR count). The van der Waals surface area contributed by atoms with Crippen LogP contribution < -0.4 is 0 Å². The van der Waals surface area contributed by atoms with Crippen molar-refractivity contribution in [2.75, 3.05) is 13.2 Å². The van der Waals surface area contributed by atoms with E-state index in [4.69, 9.17) is 14.2 Å². The van der Waals surface area contributed by atoms with Crippen LogP contribution in [0.1, 0.15) is 297 Å². The molecule has 0 unspecified atom stereocenters. The molecule has 0 saturated heterocycles. The molecule has 0 saturated carbocycles. The Morgan fingerprint density at radius 1 is 0.300 bits per heavy atom. The topological polar surface area (TPSA) is 78.9 Å². The zero-order valence-corrected chi connectivity index (χ0v) is 46.3. The molecule has 0 fully saturated rings. The molecule has 404 valence electrons. The van der Waals surface area contributed by atoms with Crippen LogP contribution in [0, 0.1) is 0 Å². The van der Waals surface area contributed by atoms with E-state index in [0.29, 0.717) is 19.3 Å². The van der Waals surface area contributed by atoms with Gasteiger partial charge in [-0.15, -0.1) is 0 Å². The fourth-order valence-electron chi connectivity index (χ4n) is 8.47. The van der Waals surface area contributed by atoms with E-state index < -0.39 is 6.10 Å². The van der Waals surface area contributed by atoms with Gasteiger partial charge in [0.25, 0.3) is 0 Å². The molecule has 0 aliphatic heterocycles. The van der Waals surface area contributed by atoms with Gasteiger partial charge in [-0.25, -0.2) is 0 Å². The second-order valence-corrected chi connectivity index (χ2v) is 19.9. The number of esters is 3. The Balaban J connectivity index is 4.41. The summed E-state index contributed by atoms with van der Waals surface area (Å²) < 4.78 is 16.9. The Kier molecular flexibility index (Phi) is 55.8. The summed E-state index contributed by atoms with van der Waals surface area (Å²) >= 11 is 0. The van der Waals surface area contributed by atoms with Crippen LogP contribution in [0.2, 0.25) is 0 Å². The van der Waals surface area contributed by atoms with Crippen molar-refractivity contribution in [3.8, 4) is 0 Å².